The molecule has 1 amide bonds. The second-order valence-electron chi connectivity index (χ2n) is 6.88. The molecular formula is C18H15F5N4O. The van der Waals surface area contributed by atoms with Crippen LogP contribution in [0.25, 0.3) is 0 Å². The van der Waals surface area contributed by atoms with E-state index >= 15 is 0 Å². The van der Waals surface area contributed by atoms with E-state index in [0.717, 1.165) is 30.6 Å². The molecule has 0 spiro atoms. The van der Waals surface area contributed by atoms with Crippen LogP contribution in [0.5, 0.6) is 0 Å². The van der Waals surface area contributed by atoms with Gasteiger partial charge in [-0.15, -0.1) is 0 Å². The number of halogens is 5. The quantitative estimate of drug-likeness (QED) is 0.746. The maximum atomic E-state index is 13.4. The summed E-state index contributed by atoms with van der Waals surface area (Å²) in [5.41, 5.74) is -0.719. The molecule has 2 saturated heterocycles. The maximum Gasteiger partial charge on any atom is 0.433 e. The number of anilines is 1. The van der Waals surface area contributed by atoms with Crippen LogP contribution >= 0.6 is 0 Å². The summed E-state index contributed by atoms with van der Waals surface area (Å²) in [7, 11) is 0. The number of carbonyl (C=O) groups excluding carboxylic acids is 1. The molecule has 4 rings (SSSR count). The SMILES string of the molecule is O=C1C[C@H]2[C@H](CCN2c2cc(C(F)(F)F)ncn2)N1Cc1cc(F)cc(F)c1. The molecule has 5 nitrogen and oxygen atoms in total. The zero-order valence-electron chi connectivity index (χ0n) is 14.5. The minimum atomic E-state index is -4.59. The van der Waals surface area contributed by atoms with Crippen molar-refractivity contribution < 1.29 is 26.7 Å². The highest BCUT2D eigenvalue weighted by Gasteiger charge is 2.47. The fourth-order valence-corrected chi connectivity index (χ4v) is 3.98. The number of hydrogen-bond acceptors (Lipinski definition) is 4. The van der Waals surface area contributed by atoms with Gasteiger partial charge in [0, 0.05) is 31.6 Å². The molecule has 0 radical (unpaired) electrons. The van der Waals surface area contributed by atoms with Gasteiger partial charge in [-0.05, 0) is 24.1 Å². The summed E-state index contributed by atoms with van der Waals surface area (Å²) in [6, 6.07) is 3.35. The number of aromatic nitrogens is 2. The largest absolute Gasteiger partial charge is 0.433 e. The Balaban J connectivity index is 1.56. The second kappa shape index (κ2) is 6.68. The van der Waals surface area contributed by atoms with Crippen LogP contribution in [-0.2, 0) is 17.5 Å². The van der Waals surface area contributed by atoms with E-state index in [1.807, 2.05) is 0 Å². The summed E-state index contributed by atoms with van der Waals surface area (Å²) in [6.45, 7) is 0.463. The van der Waals surface area contributed by atoms with E-state index in [-0.39, 0.29) is 36.8 Å². The van der Waals surface area contributed by atoms with E-state index in [0.29, 0.717) is 18.5 Å². The number of nitrogens with zero attached hydrogens (tertiary/aromatic N) is 4. The molecule has 0 saturated carbocycles. The lowest BCUT2D eigenvalue weighted by molar-refractivity contribution is -0.141. The summed E-state index contributed by atoms with van der Waals surface area (Å²) < 4.78 is 65.6. The van der Waals surface area contributed by atoms with Gasteiger partial charge in [0.15, 0.2) is 0 Å². The van der Waals surface area contributed by atoms with Crippen LogP contribution in [0.4, 0.5) is 27.8 Å². The summed E-state index contributed by atoms with van der Waals surface area (Å²) in [5, 5.41) is 0. The van der Waals surface area contributed by atoms with Crippen LogP contribution in [0, 0.1) is 11.6 Å². The Labute approximate surface area is 156 Å². The lowest BCUT2D eigenvalue weighted by atomic mass is 10.1. The lowest BCUT2D eigenvalue weighted by Gasteiger charge is -2.26. The van der Waals surface area contributed by atoms with Gasteiger partial charge >= 0.3 is 6.18 Å². The zero-order valence-corrected chi connectivity index (χ0v) is 14.5. The molecule has 3 heterocycles. The Bertz CT molecular complexity index is 899. The van der Waals surface area contributed by atoms with Crippen molar-refractivity contribution in [2.75, 3.05) is 11.4 Å². The average Bonchev–Trinajstić information content (AvgIpc) is 3.13. The number of fused-ring (bicyclic) bond motifs is 1. The van der Waals surface area contributed by atoms with Gasteiger partial charge < -0.3 is 9.80 Å². The van der Waals surface area contributed by atoms with Crippen molar-refractivity contribution in [3.8, 4) is 0 Å². The Kier molecular flexibility index (Phi) is 4.43. The molecule has 2 aliphatic heterocycles. The number of benzene rings is 1. The molecule has 0 aliphatic carbocycles. The summed E-state index contributed by atoms with van der Waals surface area (Å²) in [4.78, 5) is 22.9. The summed E-state index contributed by atoms with van der Waals surface area (Å²) >= 11 is 0. The van der Waals surface area contributed by atoms with E-state index < -0.39 is 23.5 Å². The summed E-state index contributed by atoms with van der Waals surface area (Å²) in [5.74, 6) is -1.56. The molecule has 1 aromatic heterocycles. The van der Waals surface area contributed by atoms with E-state index in [9.17, 15) is 26.7 Å². The number of hydrogen-bond donors (Lipinski definition) is 0. The fourth-order valence-electron chi connectivity index (χ4n) is 3.98. The second-order valence-corrected chi connectivity index (χ2v) is 6.88. The highest BCUT2D eigenvalue weighted by Crippen LogP contribution is 2.37. The van der Waals surface area contributed by atoms with Crippen LogP contribution in [0.2, 0.25) is 0 Å². The van der Waals surface area contributed by atoms with Crippen LogP contribution in [0.15, 0.2) is 30.6 Å². The maximum absolute atomic E-state index is 13.4. The molecule has 2 fully saturated rings. The predicted octanol–water partition coefficient (Wildman–Crippen LogP) is 3.15. The molecule has 0 unspecified atom stereocenters. The monoisotopic (exact) mass is 398 g/mol. The van der Waals surface area contributed by atoms with E-state index in [4.69, 9.17) is 0 Å². The van der Waals surface area contributed by atoms with Gasteiger partial charge in [-0.3, -0.25) is 4.79 Å². The molecule has 28 heavy (non-hydrogen) atoms. The number of likely N-dealkylation sites (tertiary alicyclic amines) is 1. The minimum absolute atomic E-state index is 0.0418. The minimum Gasteiger partial charge on any atom is -0.351 e. The fraction of sp³-hybridized carbons (Fsp3) is 0.389. The molecule has 0 N–H and O–H groups in total. The number of alkyl halides is 3. The number of carbonyl (C=O) groups is 1. The Hall–Kier alpha value is -2.78. The van der Waals surface area contributed by atoms with Gasteiger partial charge in [-0.1, -0.05) is 0 Å². The molecular weight excluding hydrogens is 383 g/mol. The molecule has 2 aliphatic rings. The highest BCUT2D eigenvalue weighted by atomic mass is 19.4. The first kappa shape index (κ1) is 18.6. The molecule has 0 bridgehead atoms. The topological polar surface area (TPSA) is 49.3 Å². The Morgan fingerprint density at radius 2 is 1.75 bits per heavy atom. The van der Waals surface area contributed by atoms with Crippen molar-refractivity contribution in [1.29, 1.82) is 0 Å². The van der Waals surface area contributed by atoms with Crippen LogP contribution in [0.1, 0.15) is 24.1 Å². The van der Waals surface area contributed by atoms with Crippen molar-refractivity contribution in [3.05, 3.63) is 53.5 Å². The van der Waals surface area contributed by atoms with Crippen molar-refractivity contribution in [1.82, 2.24) is 14.9 Å². The van der Waals surface area contributed by atoms with Crippen LogP contribution in [0.3, 0.4) is 0 Å². The van der Waals surface area contributed by atoms with E-state index in [2.05, 4.69) is 9.97 Å². The Morgan fingerprint density at radius 3 is 2.43 bits per heavy atom. The van der Waals surface area contributed by atoms with E-state index in [1.54, 1.807) is 4.90 Å². The number of amides is 1. The molecule has 148 valence electrons. The first-order valence-electron chi connectivity index (χ1n) is 8.63. The third kappa shape index (κ3) is 3.38. The van der Waals surface area contributed by atoms with Crippen molar-refractivity contribution in [2.24, 2.45) is 0 Å². The van der Waals surface area contributed by atoms with Crippen molar-refractivity contribution in [2.45, 2.75) is 37.6 Å². The van der Waals surface area contributed by atoms with Crippen LogP contribution < -0.4 is 4.90 Å². The lowest BCUT2D eigenvalue weighted by Crippen LogP contribution is -2.37. The molecule has 10 heteroatoms. The average molecular weight is 398 g/mol. The summed E-state index contributed by atoms with van der Waals surface area (Å²) in [6.07, 6.45) is -3.10. The normalized spacial score (nSPS) is 22.1. The van der Waals surface area contributed by atoms with Crippen LogP contribution in [-0.4, -0.2) is 39.4 Å². The molecule has 2 atom stereocenters. The van der Waals surface area contributed by atoms with E-state index in [1.165, 1.54) is 4.90 Å². The first-order chi connectivity index (χ1) is 13.2. The van der Waals surface area contributed by atoms with Gasteiger partial charge in [0.2, 0.25) is 5.91 Å². The zero-order chi connectivity index (χ0) is 20.1. The van der Waals surface area contributed by atoms with Gasteiger partial charge in [0.25, 0.3) is 0 Å². The number of rotatable bonds is 3. The smallest absolute Gasteiger partial charge is 0.351 e. The van der Waals surface area contributed by atoms with Gasteiger partial charge in [0.1, 0.15) is 29.5 Å². The van der Waals surface area contributed by atoms with Crippen molar-refractivity contribution in [3.63, 3.8) is 0 Å². The van der Waals surface area contributed by atoms with Crippen molar-refractivity contribution >= 4 is 11.7 Å². The van der Waals surface area contributed by atoms with Gasteiger partial charge in [0.05, 0.1) is 12.1 Å². The Morgan fingerprint density at radius 1 is 1.04 bits per heavy atom. The van der Waals surface area contributed by atoms with Gasteiger partial charge in [-0.2, -0.15) is 13.2 Å². The third-order valence-corrected chi connectivity index (χ3v) is 5.13. The predicted molar refractivity (Wildman–Crippen MR) is 88.1 cm³/mol. The highest BCUT2D eigenvalue weighted by molar-refractivity contribution is 5.81. The molecule has 2 aromatic rings. The molecule has 1 aromatic carbocycles. The first-order valence-corrected chi connectivity index (χ1v) is 8.63. The third-order valence-electron chi connectivity index (χ3n) is 5.13. The van der Waals surface area contributed by atoms with Gasteiger partial charge in [-0.25, -0.2) is 18.7 Å². The standard InChI is InChI=1S/C18H15F5N4O/c19-11-3-10(4-12(20)5-11)8-27-13-1-2-26(14(13)6-17(27)28)16-7-15(18(21,22)23)24-9-25-16/h3-5,7,9,13-14H,1-2,6,8H2/t13-,14-/m0/s1.